The fourth-order valence-electron chi connectivity index (χ4n) is 3.30. The molecule has 3 aromatic rings. The van der Waals surface area contributed by atoms with Crippen LogP contribution < -0.4 is 15.4 Å². The van der Waals surface area contributed by atoms with Gasteiger partial charge in [0.15, 0.2) is 0 Å². The largest absolute Gasteiger partial charge is 0.488 e. The Morgan fingerprint density at radius 2 is 1.89 bits per heavy atom. The van der Waals surface area contributed by atoms with Crippen LogP contribution in [-0.2, 0) is 16.2 Å². The first-order valence-electron chi connectivity index (χ1n) is 10.5. The van der Waals surface area contributed by atoms with Gasteiger partial charge >= 0.3 is 6.03 Å². The SMILES string of the molecule is O=C(CN1C(=O)N/C(=C/c2ccc(OCc3ccc(Cl)cc3Cl)c(Br)c2)C1=O)Nc1ccccc1F. The van der Waals surface area contributed by atoms with Gasteiger partial charge in [-0.05, 0) is 64.0 Å². The fraction of sp³-hybridized carbons (Fsp3) is 0.0800. The topological polar surface area (TPSA) is 87.7 Å². The number of nitrogens with one attached hydrogen (secondary N) is 2. The van der Waals surface area contributed by atoms with Gasteiger partial charge in [-0.3, -0.25) is 9.59 Å². The Balaban J connectivity index is 1.41. The van der Waals surface area contributed by atoms with Gasteiger partial charge in [0, 0.05) is 15.6 Å². The van der Waals surface area contributed by atoms with Crippen molar-refractivity contribution in [2.45, 2.75) is 6.61 Å². The summed E-state index contributed by atoms with van der Waals surface area (Å²) in [6.45, 7) is -0.354. The molecule has 3 aromatic carbocycles. The second kappa shape index (κ2) is 11.1. The third-order valence-electron chi connectivity index (χ3n) is 5.08. The standard InChI is InChI=1S/C25H17BrCl2FN3O4/c26-17-9-14(5-8-22(17)36-13-15-6-7-16(27)11-18(15)28)10-21-24(34)32(25(35)31-21)12-23(33)30-20-4-2-1-3-19(20)29/h1-11H,12-13H2,(H,30,33)(H,31,35)/b21-10+. The lowest BCUT2D eigenvalue weighted by Crippen LogP contribution is -2.38. The Morgan fingerprint density at radius 3 is 2.61 bits per heavy atom. The van der Waals surface area contributed by atoms with Crippen molar-refractivity contribution in [2.24, 2.45) is 0 Å². The van der Waals surface area contributed by atoms with Crippen molar-refractivity contribution in [3.8, 4) is 5.75 Å². The lowest BCUT2D eigenvalue weighted by molar-refractivity contribution is -0.127. The van der Waals surface area contributed by atoms with E-state index in [2.05, 4.69) is 26.6 Å². The maximum absolute atomic E-state index is 13.7. The lowest BCUT2D eigenvalue weighted by Gasteiger charge is -2.12. The number of amides is 4. The summed E-state index contributed by atoms with van der Waals surface area (Å²) in [5, 5.41) is 5.81. The van der Waals surface area contributed by atoms with Crippen molar-refractivity contribution >= 4 is 68.7 Å². The lowest BCUT2D eigenvalue weighted by atomic mass is 10.2. The highest BCUT2D eigenvalue weighted by molar-refractivity contribution is 9.10. The van der Waals surface area contributed by atoms with Gasteiger partial charge in [-0.1, -0.05) is 47.5 Å². The molecule has 0 bridgehead atoms. The van der Waals surface area contributed by atoms with Gasteiger partial charge in [0.25, 0.3) is 5.91 Å². The number of rotatable bonds is 7. The monoisotopic (exact) mass is 591 g/mol. The molecule has 11 heteroatoms. The normalized spacial score (nSPS) is 14.2. The average molecular weight is 593 g/mol. The molecule has 0 aromatic heterocycles. The number of hydrogen-bond donors (Lipinski definition) is 2. The van der Waals surface area contributed by atoms with Gasteiger partial charge in [0.05, 0.1) is 10.2 Å². The molecule has 1 heterocycles. The van der Waals surface area contributed by atoms with Crippen molar-refractivity contribution in [1.82, 2.24) is 10.2 Å². The van der Waals surface area contributed by atoms with E-state index in [0.717, 1.165) is 10.5 Å². The van der Waals surface area contributed by atoms with E-state index < -0.39 is 30.2 Å². The first-order chi connectivity index (χ1) is 17.2. The number of urea groups is 1. The van der Waals surface area contributed by atoms with Crippen LogP contribution >= 0.6 is 39.1 Å². The number of halogens is 4. The number of nitrogens with zero attached hydrogens (tertiary/aromatic N) is 1. The summed E-state index contributed by atoms with van der Waals surface area (Å²) < 4.78 is 20.2. The van der Waals surface area contributed by atoms with Gasteiger partial charge in [-0.25, -0.2) is 14.1 Å². The van der Waals surface area contributed by atoms with Crippen molar-refractivity contribution in [1.29, 1.82) is 0 Å². The van der Waals surface area contributed by atoms with Gasteiger partial charge < -0.3 is 15.4 Å². The highest BCUT2D eigenvalue weighted by Gasteiger charge is 2.35. The van der Waals surface area contributed by atoms with Gasteiger partial charge in [0.1, 0.15) is 30.4 Å². The molecule has 1 aliphatic heterocycles. The molecule has 2 N–H and O–H groups in total. The number of carbonyl (C=O) groups is 3. The van der Waals surface area contributed by atoms with E-state index in [1.54, 1.807) is 42.5 Å². The Morgan fingerprint density at radius 1 is 1.11 bits per heavy atom. The predicted octanol–water partition coefficient (Wildman–Crippen LogP) is 6.01. The van der Waals surface area contributed by atoms with Crippen molar-refractivity contribution in [3.05, 3.63) is 97.8 Å². The number of hydrogen-bond acceptors (Lipinski definition) is 4. The molecule has 0 aliphatic carbocycles. The first-order valence-corrected chi connectivity index (χ1v) is 12.0. The molecule has 36 heavy (non-hydrogen) atoms. The molecule has 0 radical (unpaired) electrons. The van der Waals surface area contributed by atoms with Crippen molar-refractivity contribution < 1.29 is 23.5 Å². The second-order valence-electron chi connectivity index (χ2n) is 7.62. The summed E-state index contributed by atoms with van der Waals surface area (Å²) in [7, 11) is 0. The van der Waals surface area contributed by atoms with Gasteiger partial charge in [-0.15, -0.1) is 0 Å². The molecule has 1 saturated heterocycles. The van der Waals surface area contributed by atoms with Crippen molar-refractivity contribution in [3.63, 3.8) is 0 Å². The number of imide groups is 1. The molecule has 184 valence electrons. The molecule has 1 fully saturated rings. The number of anilines is 1. The molecule has 0 atom stereocenters. The van der Waals surface area contributed by atoms with Crippen LogP contribution in [0, 0.1) is 5.82 Å². The average Bonchev–Trinajstić information content (AvgIpc) is 3.08. The Hall–Kier alpha value is -3.40. The third-order valence-corrected chi connectivity index (χ3v) is 6.28. The molecule has 4 amide bonds. The summed E-state index contributed by atoms with van der Waals surface area (Å²) >= 11 is 15.5. The number of carbonyl (C=O) groups excluding carboxylic acids is 3. The zero-order chi connectivity index (χ0) is 25.8. The van der Waals surface area contributed by atoms with Crippen LogP contribution in [-0.4, -0.2) is 29.3 Å². The summed E-state index contributed by atoms with van der Waals surface area (Å²) in [4.78, 5) is 38.0. The van der Waals surface area contributed by atoms with Crippen LogP contribution in [0.4, 0.5) is 14.9 Å². The van der Waals surface area contributed by atoms with Gasteiger partial charge in [0.2, 0.25) is 5.91 Å². The second-order valence-corrected chi connectivity index (χ2v) is 9.32. The fourth-order valence-corrected chi connectivity index (χ4v) is 4.27. The highest BCUT2D eigenvalue weighted by atomic mass is 79.9. The quantitative estimate of drug-likeness (QED) is 0.260. The Bertz CT molecular complexity index is 1400. The van der Waals surface area contributed by atoms with E-state index in [9.17, 15) is 18.8 Å². The first kappa shape index (κ1) is 25.7. The minimum absolute atomic E-state index is 0.00722. The van der Waals surface area contributed by atoms with Crippen LogP contribution in [0.5, 0.6) is 5.75 Å². The zero-order valence-corrected chi connectivity index (χ0v) is 21.5. The number of ether oxygens (including phenoxy) is 1. The van der Waals surface area contributed by atoms with Crippen LogP contribution in [0.25, 0.3) is 6.08 Å². The van der Waals surface area contributed by atoms with E-state index in [1.165, 1.54) is 24.3 Å². The molecular weight excluding hydrogens is 576 g/mol. The maximum atomic E-state index is 13.7. The maximum Gasteiger partial charge on any atom is 0.329 e. The van der Waals surface area contributed by atoms with Crippen LogP contribution in [0.2, 0.25) is 10.0 Å². The summed E-state index contributed by atoms with van der Waals surface area (Å²) in [5.74, 6) is -1.48. The summed E-state index contributed by atoms with van der Waals surface area (Å²) in [5.41, 5.74) is 1.31. The van der Waals surface area contributed by atoms with E-state index in [4.69, 9.17) is 27.9 Å². The van der Waals surface area contributed by atoms with E-state index >= 15 is 0 Å². The summed E-state index contributed by atoms with van der Waals surface area (Å²) in [6.07, 6.45) is 1.47. The molecule has 1 aliphatic rings. The van der Waals surface area contributed by atoms with E-state index in [1.807, 2.05) is 0 Å². The van der Waals surface area contributed by atoms with E-state index in [-0.39, 0.29) is 18.0 Å². The van der Waals surface area contributed by atoms with Crippen LogP contribution in [0.3, 0.4) is 0 Å². The Labute approximate surface area is 224 Å². The number of para-hydroxylation sites is 1. The molecular formula is C25H17BrCl2FN3O4. The van der Waals surface area contributed by atoms with Gasteiger partial charge in [-0.2, -0.15) is 0 Å². The number of benzene rings is 3. The smallest absolute Gasteiger partial charge is 0.329 e. The van der Waals surface area contributed by atoms with Crippen molar-refractivity contribution in [2.75, 3.05) is 11.9 Å². The minimum atomic E-state index is -0.756. The molecule has 0 saturated carbocycles. The molecule has 0 spiro atoms. The zero-order valence-electron chi connectivity index (χ0n) is 18.4. The van der Waals surface area contributed by atoms with Crippen LogP contribution in [0.1, 0.15) is 11.1 Å². The summed E-state index contributed by atoms with van der Waals surface area (Å²) in [6, 6.07) is 15.1. The predicted molar refractivity (Wildman–Crippen MR) is 138 cm³/mol. The Kier molecular flexibility index (Phi) is 7.93. The highest BCUT2D eigenvalue weighted by Crippen LogP contribution is 2.29. The van der Waals surface area contributed by atoms with Crippen LogP contribution in [0.15, 0.2) is 70.8 Å². The van der Waals surface area contributed by atoms with E-state index in [0.29, 0.717) is 25.8 Å². The molecule has 4 rings (SSSR count). The molecule has 0 unspecified atom stereocenters. The molecule has 7 nitrogen and oxygen atoms in total. The minimum Gasteiger partial charge on any atom is -0.488 e. The third kappa shape index (κ3) is 6.04.